The minimum atomic E-state index is -0.243. The first kappa shape index (κ1) is 17.2. The lowest BCUT2D eigenvalue weighted by Gasteiger charge is -2.10. The molecular formula is C15H14Br2N2O2S. The smallest absolute Gasteiger partial charge is 0.265 e. The van der Waals surface area contributed by atoms with Gasteiger partial charge in [-0.25, -0.2) is 0 Å². The number of benzene rings is 1. The predicted octanol–water partition coefficient (Wildman–Crippen LogP) is 4.67. The van der Waals surface area contributed by atoms with Crippen molar-refractivity contribution in [3.63, 3.8) is 0 Å². The van der Waals surface area contributed by atoms with Gasteiger partial charge in [0.1, 0.15) is 0 Å². The van der Waals surface area contributed by atoms with Crippen LogP contribution >= 0.6 is 43.2 Å². The number of rotatable bonds is 5. The summed E-state index contributed by atoms with van der Waals surface area (Å²) in [5.74, 6) is -0.432. The van der Waals surface area contributed by atoms with Gasteiger partial charge in [0.05, 0.1) is 19.9 Å². The molecular weight excluding hydrogens is 432 g/mol. The molecule has 2 amide bonds. The summed E-state index contributed by atoms with van der Waals surface area (Å²) in [7, 11) is 0. The van der Waals surface area contributed by atoms with Gasteiger partial charge in [0.25, 0.3) is 11.8 Å². The standard InChI is InChI=1S/C15H14Br2N2O2S/c1-2-7-18-14(20)9-5-3-4-6-11(9)19-15(21)12-8-10(16)13(17)22-12/h3-6,8H,2,7H2,1H3,(H,18,20)(H,19,21). The molecule has 1 aromatic carbocycles. The van der Waals surface area contributed by atoms with Gasteiger partial charge >= 0.3 is 0 Å². The average Bonchev–Trinajstić information content (AvgIpc) is 2.85. The molecule has 2 aromatic rings. The van der Waals surface area contributed by atoms with Crippen molar-refractivity contribution in [2.24, 2.45) is 0 Å². The second-order valence-electron chi connectivity index (χ2n) is 4.49. The van der Waals surface area contributed by atoms with E-state index < -0.39 is 0 Å². The van der Waals surface area contributed by atoms with Gasteiger partial charge in [-0.05, 0) is 56.5 Å². The number of hydrogen-bond acceptors (Lipinski definition) is 3. The SMILES string of the molecule is CCCNC(=O)c1ccccc1NC(=O)c1cc(Br)c(Br)s1. The molecule has 1 heterocycles. The minimum absolute atomic E-state index is 0.189. The highest BCUT2D eigenvalue weighted by molar-refractivity contribution is 9.13. The summed E-state index contributed by atoms with van der Waals surface area (Å²) in [5.41, 5.74) is 0.959. The van der Waals surface area contributed by atoms with Gasteiger partial charge in [0.15, 0.2) is 0 Å². The third-order valence-electron chi connectivity index (χ3n) is 2.82. The number of anilines is 1. The Balaban J connectivity index is 2.19. The van der Waals surface area contributed by atoms with Crippen LogP contribution in [0.5, 0.6) is 0 Å². The number of para-hydroxylation sites is 1. The number of carbonyl (C=O) groups is 2. The topological polar surface area (TPSA) is 58.2 Å². The molecule has 0 aliphatic heterocycles. The highest BCUT2D eigenvalue weighted by Crippen LogP contribution is 2.32. The third-order valence-corrected chi connectivity index (χ3v) is 6.08. The normalized spacial score (nSPS) is 10.3. The van der Waals surface area contributed by atoms with Gasteiger partial charge in [0, 0.05) is 11.0 Å². The first-order valence-corrected chi connectivity index (χ1v) is 9.06. The van der Waals surface area contributed by atoms with Crippen molar-refractivity contribution in [2.45, 2.75) is 13.3 Å². The summed E-state index contributed by atoms with van der Waals surface area (Å²) >= 11 is 8.05. The van der Waals surface area contributed by atoms with E-state index in [0.29, 0.717) is 22.7 Å². The molecule has 0 saturated heterocycles. The fourth-order valence-corrected chi connectivity index (χ4v) is 3.70. The van der Waals surface area contributed by atoms with Gasteiger partial charge in [-0.15, -0.1) is 11.3 Å². The Kier molecular flexibility index (Phi) is 6.16. The van der Waals surface area contributed by atoms with Crippen LogP contribution in [0.1, 0.15) is 33.4 Å². The first-order valence-electron chi connectivity index (χ1n) is 6.66. The average molecular weight is 446 g/mol. The Hall–Kier alpha value is -1.18. The van der Waals surface area contributed by atoms with Crippen molar-refractivity contribution in [3.8, 4) is 0 Å². The van der Waals surface area contributed by atoms with Crippen LogP contribution in [0.2, 0.25) is 0 Å². The van der Waals surface area contributed by atoms with Crippen molar-refractivity contribution in [1.82, 2.24) is 5.32 Å². The Bertz CT molecular complexity index is 681. The molecule has 22 heavy (non-hydrogen) atoms. The highest BCUT2D eigenvalue weighted by atomic mass is 79.9. The van der Waals surface area contributed by atoms with Crippen molar-refractivity contribution < 1.29 is 9.59 Å². The van der Waals surface area contributed by atoms with Gasteiger partial charge in [-0.3, -0.25) is 9.59 Å². The Morgan fingerprint density at radius 2 is 1.91 bits per heavy atom. The van der Waals surface area contributed by atoms with E-state index in [1.807, 2.05) is 6.92 Å². The molecule has 2 N–H and O–H groups in total. The number of carbonyl (C=O) groups excluding carboxylic acids is 2. The number of thiophene rings is 1. The molecule has 2 rings (SSSR count). The van der Waals surface area contributed by atoms with Crippen LogP contribution < -0.4 is 10.6 Å². The van der Waals surface area contributed by atoms with E-state index >= 15 is 0 Å². The molecule has 0 unspecified atom stereocenters. The summed E-state index contributed by atoms with van der Waals surface area (Å²) in [6, 6.07) is 8.71. The zero-order valence-electron chi connectivity index (χ0n) is 11.8. The lowest BCUT2D eigenvalue weighted by molar-refractivity contribution is 0.0954. The van der Waals surface area contributed by atoms with Crippen molar-refractivity contribution in [1.29, 1.82) is 0 Å². The molecule has 7 heteroatoms. The van der Waals surface area contributed by atoms with Crippen molar-refractivity contribution >= 4 is 60.7 Å². The summed E-state index contributed by atoms with van der Waals surface area (Å²) in [5, 5.41) is 5.61. The first-order chi connectivity index (χ1) is 10.5. The van der Waals surface area contributed by atoms with Crippen molar-refractivity contribution in [3.05, 3.63) is 49.0 Å². The number of hydrogen-bond donors (Lipinski definition) is 2. The quantitative estimate of drug-likeness (QED) is 0.702. The van der Waals surface area contributed by atoms with E-state index in [4.69, 9.17) is 0 Å². The van der Waals surface area contributed by atoms with Gasteiger partial charge in [-0.1, -0.05) is 19.1 Å². The van der Waals surface area contributed by atoms with Crippen LogP contribution in [0.25, 0.3) is 0 Å². The van der Waals surface area contributed by atoms with Crippen LogP contribution in [-0.4, -0.2) is 18.4 Å². The molecule has 1 aromatic heterocycles. The maximum Gasteiger partial charge on any atom is 0.265 e. The van der Waals surface area contributed by atoms with E-state index in [9.17, 15) is 9.59 Å². The highest BCUT2D eigenvalue weighted by Gasteiger charge is 2.16. The second-order valence-corrected chi connectivity index (χ2v) is 7.71. The molecule has 116 valence electrons. The lowest BCUT2D eigenvalue weighted by Crippen LogP contribution is -2.25. The summed E-state index contributed by atoms with van der Waals surface area (Å²) in [4.78, 5) is 25.0. The lowest BCUT2D eigenvalue weighted by atomic mass is 10.1. The van der Waals surface area contributed by atoms with Gasteiger partial charge < -0.3 is 10.6 Å². The molecule has 0 radical (unpaired) electrons. The third kappa shape index (κ3) is 4.18. The van der Waals surface area contributed by atoms with E-state index in [1.165, 1.54) is 11.3 Å². The zero-order chi connectivity index (χ0) is 16.1. The Labute approximate surface area is 149 Å². The second kappa shape index (κ2) is 7.89. The van der Waals surface area contributed by atoms with Crippen LogP contribution in [0, 0.1) is 0 Å². The van der Waals surface area contributed by atoms with E-state index in [2.05, 4.69) is 42.5 Å². The molecule has 0 bridgehead atoms. The van der Waals surface area contributed by atoms with Gasteiger partial charge in [0.2, 0.25) is 0 Å². The Morgan fingerprint density at radius 3 is 2.55 bits per heavy atom. The molecule has 0 aliphatic carbocycles. The van der Waals surface area contributed by atoms with Crippen LogP contribution in [-0.2, 0) is 0 Å². The molecule has 0 aliphatic rings. The van der Waals surface area contributed by atoms with E-state index in [0.717, 1.165) is 14.7 Å². The predicted molar refractivity (Wildman–Crippen MR) is 96.7 cm³/mol. The molecule has 4 nitrogen and oxygen atoms in total. The monoisotopic (exact) mass is 444 g/mol. The molecule has 0 atom stereocenters. The maximum absolute atomic E-state index is 12.3. The van der Waals surface area contributed by atoms with Crippen LogP contribution in [0.4, 0.5) is 5.69 Å². The summed E-state index contributed by atoms with van der Waals surface area (Å²) < 4.78 is 1.68. The van der Waals surface area contributed by atoms with Crippen LogP contribution in [0.3, 0.4) is 0 Å². The number of halogens is 2. The number of amides is 2. The maximum atomic E-state index is 12.3. The number of nitrogens with one attached hydrogen (secondary N) is 2. The molecule has 0 fully saturated rings. The molecule has 0 spiro atoms. The fourth-order valence-electron chi connectivity index (χ4n) is 1.77. The fraction of sp³-hybridized carbons (Fsp3) is 0.200. The van der Waals surface area contributed by atoms with Crippen molar-refractivity contribution in [2.75, 3.05) is 11.9 Å². The minimum Gasteiger partial charge on any atom is -0.352 e. The van der Waals surface area contributed by atoms with Gasteiger partial charge in [-0.2, -0.15) is 0 Å². The van der Waals surface area contributed by atoms with E-state index in [1.54, 1.807) is 30.3 Å². The summed E-state index contributed by atoms with van der Waals surface area (Å²) in [6.45, 7) is 2.59. The van der Waals surface area contributed by atoms with E-state index in [-0.39, 0.29) is 11.8 Å². The van der Waals surface area contributed by atoms with Crippen LogP contribution in [0.15, 0.2) is 38.6 Å². The zero-order valence-corrected chi connectivity index (χ0v) is 15.8. The largest absolute Gasteiger partial charge is 0.352 e. The molecule has 0 saturated carbocycles. The Morgan fingerprint density at radius 1 is 1.18 bits per heavy atom. The summed E-state index contributed by atoms with van der Waals surface area (Å²) in [6.07, 6.45) is 0.859.